The second-order valence-electron chi connectivity index (χ2n) is 4.36. The quantitative estimate of drug-likeness (QED) is 0.712. The Morgan fingerprint density at radius 2 is 2.31 bits per heavy atom. The number of hydrogen-bond acceptors (Lipinski definition) is 4. The Labute approximate surface area is 102 Å². The molecular formula is C12H22N2OS. The first-order valence-corrected chi connectivity index (χ1v) is 6.76. The highest BCUT2D eigenvalue weighted by Crippen LogP contribution is 2.07. The van der Waals surface area contributed by atoms with Crippen LogP contribution in [0.15, 0.2) is 5.38 Å². The van der Waals surface area contributed by atoms with Crippen molar-refractivity contribution in [2.75, 3.05) is 19.8 Å². The molecule has 1 aromatic rings. The summed E-state index contributed by atoms with van der Waals surface area (Å²) in [7, 11) is 0. The molecule has 3 nitrogen and oxygen atoms in total. The average molecular weight is 242 g/mol. The van der Waals surface area contributed by atoms with Gasteiger partial charge in [0.25, 0.3) is 0 Å². The van der Waals surface area contributed by atoms with Crippen LogP contribution in [-0.4, -0.2) is 24.7 Å². The molecule has 0 bridgehead atoms. The Kier molecular flexibility index (Phi) is 6.61. The number of rotatable bonds is 8. The van der Waals surface area contributed by atoms with Crippen LogP contribution in [0.3, 0.4) is 0 Å². The van der Waals surface area contributed by atoms with Crippen LogP contribution in [0.1, 0.15) is 31.0 Å². The summed E-state index contributed by atoms with van der Waals surface area (Å²) < 4.78 is 5.50. The molecule has 1 rings (SSSR count). The molecule has 0 unspecified atom stereocenters. The fraction of sp³-hybridized carbons (Fsp3) is 0.750. The zero-order valence-corrected chi connectivity index (χ0v) is 11.3. The van der Waals surface area contributed by atoms with Gasteiger partial charge < -0.3 is 10.1 Å². The van der Waals surface area contributed by atoms with Crippen LogP contribution in [0.2, 0.25) is 0 Å². The maximum absolute atomic E-state index is 5.50. The van der Waals surface area contributed by atoms with E-state index in [0.717, 1.165) is 43.4 Å². The van der Waals surface area contributed by atoms with Crippen molar-refractivity contribution in [3.63, 3.8) is 0 Å². The first-order chi connectivity index (χ1) is 7.68. The van der Waals surface area contributed by atoms with Crippen LogP contribution >= 0.6 is 11.3 Å². The van der Waals surface area contributed by atoms with E-state index in [9.17, 15) is 0 Å². The van der Waals surface area contributed by atoms with E-state index in [4.69, 9.17) is 4.74 Å². The van der Waals surface area contributed by atoms with Crippen molar-refractivity contribution >= 4 is 11.3 Å². The predicted molar refractivity (Wildman–Crippen MR) is 68.8 cm³/mol. The summed E-state index contributed by atoms with van der Waals surface area (Å²) in [6.45, 7) is 9.95. The van der Waals surface area contributed by atoms with Gasteiger partial charge in [-0.3, -0.25) is 0 Å². The van der Waals surface area contributed by atoms with Crippen molar-refractivity contribution in [2.24, 2.45) is 5.92 Å². The van der Waals surface area contributed by atoms with Gasteiger partial charge in [-0.2, -0.15) is 0 Å². The van der Waals surface area contributed by atoms with Gasteiger partial charge >= 0.3 is 0 Å². The number of aryl methyl sites for hydroxylation is 1. The standard InChI is InChI=1S/C12H22N2OS/c1-10(2)8-15-6-4-5-13-7-12-9-16-11(3)14-12/h9-10,13H,4-8H2,1-3H3. The summed E-state index contributed by atoms with van der Waals surface area (Å²) in [5.74, 6) is 0.631. The molecule has 0 saturated heterocycles. The third kappa shape index (κ3) is 6.20. The summed E-state index contributed by atoms with van der Waals surface area (Å²) >= 11 is 1.70. The SMILES string of the molecule is Cc1nc(CNCCCOCC(C)C)cs1. The zero-order valence-electron chi connectivity index (χ0n) is 10.5. The van der Waals surface area contributed by atoms with Crippen LogP contribution in [0, 0.1) is 12.8 Å². The maximum atomic E-state index is 5.50. The molecule has 0 saturated carbocycles. The molecule has 4 heteroatoms. The average Bonchev–Trinajstić information content (AvgIpc) is 2.62. The first-order valence-electron chi connectivity index (χ1n) is 5.88. The zero-order chi connectivity index (χ0) is 11.8. The lowest BCUT2D eigenvalue weighted by Crippen LogP contribution is -2.17. The molecule has 1 heterocycles. The Hall–Kier alpha value is -0.450. The molecule has 92 valence electrons. The fourth-order valence-electron chi connectivity index (χ4n) is 1.32. The third-order valence-corrected chi connectivity index (χ3v) is 2.89. The third-order valence-electron chi connectivity index (χ3n) is 2.07. The minimum Gasteiger partial charge on any atom is -0.381 e. The summed E-state index contributed by atoms with van der Waals surface area (Å²) in [6.07, 6.45) is 1.07. The summed E-state index contributed by atoms with van der Waals surface area (Å²) in [4.78, 5) is 4.39. The number of ether oxygens (including phenoxy) is 1. The van der Waals surface area contributed by atoms with Gasteiger partial charge in [0.2, 0.25) is 0 Å². The van der Waals surface area contributed by atoms with Crippen LogP contribution in [-0.2, 0) is 11.3 Å². The normalized spacial score (nSPS) is 11.2. The lowest BCUT2D eigenvalue weighted by molar-refractivity contribution is 0.108. The van der Waals surface area contributed by atoms with Gasteiger partial charge in [0.1, 0.15) is 0 Å². The van der Waals surface area contributed by atoms with Crippen molar-refractivity contribution in [1.82, 2.24) is 10.3 Å². The van der Waals surface area contributed by atoms with Crippen molar-refractivity contribution in [2.45, 2.75) is 33.7 Å². The van der Waals surface area contributed by atoms with Crippen LogP contribution < -0.4 is 5.32 Å². The van der Waals surface area contributed by atoms with Gasteiger partial charge in [-0.05, 0) is 25.8 Å². The first kappa shape index (κ1) is 13.6. The van der Waals surface area contributed by atoms with E-state index in [0.29, 0.717) is 5.92 Å². The van der Waals surface area contributed by atoms with Gasteiger partial charge in [-0.25, -0.2) is 4.98 Å². The number of nitrogens with one attached hydrogen (secondary N) is 1. The van der Waals surface area contributed by atoms with Gasteiger partial charge in [0.05, 0.1) is 10.7 Å². The molecule has 0 aliphatic heterocycles. The van der Waals surface area contributed by atoms with E-state index in [1.807, 2.05) is 6.92 Å². The Bertz CT molecular complexity index is 286. The highest BCUT2D eigenvalue weighted by molar-refractivity contribution is 7.09. The van der Waals surface area contributed by atoms with Crippen LogP contribution in [0.5, 0.6) is 0 Å². The smallest absolute Gasteiger partial charge is 0.0897 e. The second kappa shape index (κ2) is 7.76. The van der Waals surface area contributed by atoms with Crippen molar-refractivity contribution in [1.29, 1.82) is 0 Å². The topological polar surface area (TPSA) is 34.2 Å². The summed E-state index contributed by atoms with van der Waals surface area (Å²) in [5, 5.41) is 6.61. The fourth-order valence-corrected chi connectivity index (χ4v) is 1.94. The molecule has 0 aliphatic carbocycles. The molecule has 16 heavy (non-hydrogen) atoms. The van der Waals surface area contributed by atoms with Gasteiger partial charge in [-0.1, -0.05) is 13.8 Å². The minimum absolute atomic E-state index is 0.631. The number of hydrogen-bond donors (Lipinski definition) is 1. The highest BCUT2D eigenvalue weighted by Gasteiger charge is 1.97. The Balaban J connectivity index is 1.92. The highest BCUT2D eigenvalue weighted by atomic mass is 32.1. The summed E-state index contributed by atoms with van der Waals surface area (Å²) in [5.41, 5.74) is 1.14. The van der Waals surface area contributed by atoms with Crippen LogP contribution in [0.25, 0.3) is 0 Å². The van der Waals surface area contributed by atoms with Gasteiger partial charge in [0.15, 0.2) is 0 Å². The number of nitrogens with zero attached hydrogens (tertiary/aromatic N) is 1. The Morgan fingerprint density at radius 3 is 2.94 bits per heavy atom. The minimum atomic E-state index is 0.631. The van der Waals surface area contributed by atoms with Gasteiger partial charge in [0, 0.05) is 25.1 Å². The number of aromatic nitrogens is 1. The van der Waals surface area contributed by atoms with E-state index < -0.39 is 0 Å². The lowest BCUT2D eigenvalue weighted by atomic mass is 10.2. The van der Waals surface area contributed by atoms with Crippen molar-refractivity contribution in [3.05, 3.63) is 16.1 Å². The van der Waals surface area contributed by atoms with E-state index in [1.165, 1.54) is 0 Å². The lowest BCUT2D eigenvalue weighted by Gasteiger charge is -2.06. The largest absolute Gasteiger partial charge is 0.381 e. The molecule has 0 spiro atoms. The molecule has 0 atom stereocenters. The molecule has 0 aliphatic rings. The molecule has 0 aromatic carbocycles. The molecule has 1 aromatic heterocycles. The molecular weight excluding hydrogens is 220 g/mol. The van der Waals surface area contributed by atoms with Crippen molar-refractivity contribution in [3.8, 4) is 0 Å². The van der Waals surface area contributed by atoms with E-state index in [-0.39, 0.29) is 0 Å². The molecule has 0 radical (unpaired) electrons. The second-order valence-corrected chi connectivity index (χ2v) is 5.42. The van der Waals surface area contributed by atoms with Gasteiger partial charge in [-0.15, -0.1) is 11.3 Å². The monoisotopic (exact) mass is 242 g/mol. The summed E-state index contributed by atoms with van der Waals surface area (Å²) in [6, 6.07) is 0. The molecule has 0 fully saturated rings. The molecule has 0 amide bonds. The number of thiazole rings is 1. The van der Waals surface area contributed by atoms with E-state index in [1.54, 1.807) is 11.3 Å². The predicted octanol–water partition coefficient (Wildman–Crippen LogP) is 2.60. The Morgan fingerprint density at radius 1 is 1.50 bits per heavy atom. The van der Waals surface area contributed by atoms with E-state index in [2.05, 4.69) is 29.5 Å². The molecule has 1 N–H and O–H groups in total. The van der Waals surface area contributed by atoms with E-state index >= 15 is 0 Å². The maximum Gasteiger partial charge on any atom is 0.0897 e. The van der Waals surface area contributed by atoms with Crippen LogP contribution in [0.4, 0.5) is 0 Å². The van der Waals surface area contributed by atoms with Crippen molar-refractivity contribution < 1.29 is 4.74 Å².